The van der Waals surface area contributed by atoms with Crippen LogP contribution in [0.15, 0.2) is 24.4 Å². The topological polar surface area (TPSA) is 44.9 Å². The zero-order valence-electron chi connectivity index (χ0n) is 8.30. The molecule has 1 aromatic heterocycles. The van der Waals surface area contributed by atoms with Crippen molar-refractivity contribution in [2.75, 3.05) is 7.05 Å². The van der Waals surface area contributed by atoms with Crippen LogP contribution in [-0.4, -0.2) is 17.9 Å². The van der Waals surface area contributed by atoms with E-state index in [9.17, 15) is 4.79 Å². The number of aromatic nitrogens is 1. The number of H-pyrrole nitrogens is 1. The summed E-state index contributed by atoms with van der Waals surface area (Å²) in [5, 5.41) is 4.20. The number of carbonyl (C=O) groups excluding carboxylic acids is 1. The minimum atomic E-state index is -0.0178. The first-order valence-corrected chi connectivity index (χ1v) is 5.05. The standard InChI is InChI=1S/C11H11ClN2O/c1-13-10(15)5-7-6-14-9-4-2-3-8(12)11(7)9/h2-4,6,14H,5H2,1H3,(H,13,15). The largest absolute Gasteiger partial charge is 0.361 e. The lowest BCUT2D eigenvalue weighted by molar-refractivity contribution is -0.119. The zero-order valence-corrected chi connectivity index (χ0v) is 9.06. The van der Waals surface area contributed by atoms with Gasteiger partial charge < -0.3 is 10.3 Å². The first-order valence-electron chi connectivity index (χ1n) is 4.67. The van der Waals surface area contributed by atoms with Crippen LogP contribution in [0.3, 0.4) is 0 Å². The van der Waals surface area contributed by atoms with Crippen molar-refractivity contribution in [1.29, 1.82) is 0 Å². The summed E-state index contributed by atoms with van der Waals surface area (Å²) in [5.41, 5.74) is 1.89. The van der Waals surface area contributed by atoms with Gasteiger partial charge in [-0.1, -0.05) is 17.7 Å². The number of amides is 1. The van der Waals surface area contributed by atoms with Crippen molar-refractivity contribution in [2.24, 2.45) is 0 Å². The first kappa shape index (κ1) is 10.1. The molecule has 0 saturated heterocycles. The van der Waals surface area contributed by atoms with Crippen LogP contribution >= 0.6 is 11.6 Å². The van der Waals surface area contributed by atoms with Crippen molar-refractivity contribution < 1.29 is 4.79 Å². The number of likely N-dealkylation sites (N-methyl/N-ethyl adjacent to an activating group) is 1. The molecule has 0 spiro atoms. The normalized spacial score (nSPS) is 10.5. The van der Waals surface area contributed by atoms with Gasteiger partial charge in [0.25, 0.3) is 0 Å². The molecule has 1 aromatic carbocycles. The number of halogens is 1. The summed E-state index contributed by atoms with van der Waals surface area (Å²) in [6, 6.07) is 5.64. The second-order valence-corrected chi connectivity index (χ2v) is 3.73. The second-order valence-electron chi connectivity index (χ2n) is 3.33. The SMILES string of the molecule is CNC(=O)Cc1c[nH]c2cccc(Cl)c12. The summed E-state index contributed by atoms with van der Waals surface area (Å²) in [6.07, 6.45) is 2.17. The number of nitrogens with one attached hydrogen (secondary N) is 2. The fourth-order valence-electron chi connectivity index (χ4n) is 1.61. The molecule has 3 nitrogen and oxygen atoms in total. The monoisotopic (exact) mass is 222 g/mol. The van der Waals surface area contributed by atoms with Gasteiger partial charge in [-0.2, -0.15) is 0 Å². The molecule has 1 heterocycles. The Morgan fingerprint density at radius 1 is 1.53 bits per heavy atom. The number of aromatic amines is 1. The van der Waals surface area contributed by atoms with Gasteiger partial charge in [0.2, 0.25) is 5.91 Å². The highest BCUT2D eigenvalue weighted by molar-refractivity contribution is 6.35. The van der Waals surface area contributed by atoms with E-state index < -0.39 is 0 Å². The van der Waals surface area contributed by atoms with Gasteiger partial charge in [-0.3, -0.25) is 4.79 Å². The van der Waals surface area contributed by atoms with Gasteiger partial charge in [-0.25, -0.2) is 0 Å². The molecule has 0 radical (unpaired) electrons. The van der Waals surface area contributed by atoms with E-state index in [2.05, 4.69) is 10.3 Å². The predicted octanol–water partition coefficient (Wildman–Crippen LogP) is 2.11. The van der Waals surface area contributed by atoms with Crippen LogP contribution in [0.2, 0.25) is 5.02 Å². The lowest BCUT2D eigenvalue weighted by atomic mass is 10.1. The number of rotatable bonds is 2. The molecule has 0 unspecified atom stereocenters. The molecule has 78 valence electrons. The summed E-state index contributed by atoms with van der Waals surface area (Å²) < 4.78 is 0. The first-order chi connectivity index (χ1) is 7.22. The quantitative estimate of drug-likeness (QED) is 0.803. The molecule has 0 aliphatic heterocycles. The Morgan fingerprint density at radius 3 is 3.07 bits per heavy atom. The molecule has 0 bridgehead atoms. The van der Waals surface area contributed by atoms with Gasteiger partial charge in [-0.05, 0) is 17.7 Å². The maximum Gasteiger partial charge on any atom is 0.224 e. The lowest BCUT2D eigenvalue weighted by Gasteiger charge is -1.99. The minimum absolute atomic E-state index is 0.0178. The molecule has 2 aromatic rings. The van der Waals surface area contributed by atoms with Crippen LogP contribution in [0.25, 0.3) is 10.9 Å². The third-order valence-corrected chi connectivity index (χ3v) is 2.68. The van der Waals surface area contributed by atoms with Crippen LogP contribution in [0.4, 0.5) is 0 Å². The van der Waals surface area contributed by atoms with E-state index in [-0.39, 0.29) is 5.91 Å². The Hall–Kier alpha value is -1.48. The zero-order chi connectivity index (χ0) is 10.8. The van der Waals surface area contributed by atoms with Crippen molar-refractivity contribution in [3.05, 3.63) is 35.0 Å². The average Bonchev–Trinajstić information content (AvgIpc) is 2.63. The molecule has 0 saturated carbocycles. The minimum Gasteiger partial charge on any atom is -0.361 e. The smallest absolute Gasteiger partial charge is 0.224 e. The second kappa shape index (κ2) is 3.95. The van der Waals surface area contributed by atoms with Crippen molar-refractivity contribution >= 4 is 28.4 Å². The average molecular weight is 223 g/mol. The molecule has 4 heteroatoms. The van der Waals surface area contributed by atoms with Crippen LogP contribution in [0.5, 0.6) is 0 Å². The van der Waals surface area contributed by atoms with Crippen LogP contribution < -0.4 is 5.32 Å². The molecule has 1 amide bonds. The maximum absolute atomic E-state index is 11.3. The van der Waals surface area contributed by atoms with Crippen molar-refractivity contribution in [3.8, 4) is 0 Å². The molecule has 15 heavy (non-hydrogen) atoms. The molecular formula is C11H11ClN2O. The molecule has 2 rings (SSSR count). The highest BCUT2D eigenvalue weighted by atomic mass is 35.5. The summed E-state index contributed by atoms with van der Waals surface area (Å²) >= 11 is 6.08. The molecule has 0 aliphatic rings. The van der Waals surface area contributed by atoms with E-state index in [1.807, 2.05) is 24.4 Å². The maximum atomic E-state index is 11.3. The summed E-state index contributed by atoms with van der Waals surface area (Å²) in [5.74, 6) is -0.0178. The molecule has 2 N–H and O–H groups in total. The molecular weight excluding hydrogens is 212 g/mol. The number of carbonyl (C=O) groups is 1. The van der Waals surface area contributed by atoms with Crippen LogP contribution in [0, 0.1) is 0 Å². The summed E-state index contributed by atoms with van der Waals surface area (Å²) in [6.45, 7) is 0. The van der Waals surface area contributed by atoms with E-state index in [0.29, 0.717) is 11.4 Å². The highest BCUT2D eigenvalue weighted by Crippen LogP contribution is 2.26. The van der Waals surface area contributed by atoms with E-state index in [1.54, 1.807) is 7.05 Å². The summed E-state index contributed by atoms with van der Waals surface area (Å²) in [4.78, 5) is 14.4. The Morgan fingerprint density at radius 2 is 2.33 bits per heavy atom. The molecule has 0 atom stereocenters. The Labute approximate surface area is 92.4 Å². The third kappa shape index (κ3) is 1.83. The molecule has 0 aliphatic carbocycles. The van der Waals surface area contributed by atoms with Crippen molar-refractivity contribution in [3.63, 3.8) is 0 Å². The molecule has 0 fully saturated rings. The number of hydrogen-bond donors (Lipinski definition) is 2. The summed E-state index contributed by atoms with van der Waals surface area (Å²) in [7, 11) is 1.62. The van der Waals surface area contributed by atoms with Crippen molar-refractivity contribution in [2.45, 2.75) is 6.42 Å². The van der Waals surface area contributed by atoms with Crippen molar-refractivity contribution in [1.82, 2.24) is 10.3 Å². The predicted molar refractivity (Wildman–Crippen MR) is 61.1 cm³/mol. The highest BCUT2D eigenvalue weighted by Gasteiger charge is 2.09. The van der Waals surface area contributed by atoms with Gasteiger partial charge in [0.05, 0.1) is 11.4 Å². The third-order valence-electron chi connectivity index (χ3n) is 2.37. The van der Waals surface area contributed by atoms with Gasteiger partial charge in [0.15, 0.2) is 0 Å². The van der Waals surface area contributed by atoms with E-state index >= 15 is 0 Å². The van der Waals surface area contributed by atoms with Crippen LogP contribution in [-0.2, 0) is 11.2 Å². The van der Waals surface area contributed by atoms with Gasteiger partial charge in [0, 0.05) is 24.1 Å². The fraction of sp³-hybridized carbons (Fsp3) is 0.182. The van der Waals surface area contributed by atoms with Crippen LogP contribution in [0.1, 0.15) is 5.56 Å². The lowest BCUT2D eigenvalue weighted by Crippen LogP contribution is -2.19. The van der Waals surface area contributed by atoms with Gasteiger partial charge >= 0.3 is 0 Å². The Kier molecular flexibility index (Phi) is 2.64. The van der Waals surface area contributed by atoms with Gasteiger partial charge in [0.1, 0.15) is 0 Å². The van der Waals surface area contributed by atoms with E-state index in [0.717, 1.165) is 16.5 Å². The van der Waals surface area contributed by atoms with E-state index in [4.69, 9.17) is 11.6 Å². The van der Waals surface area contributed by atoms with E-state index in [1.165, 1.54) is 0 Å². The number of hydrogen-bond acceptors (Lipinski definition) is 1. The number of benzene rings is 1. The fourth-order valence-corrected chi connectivity index (χ4v) is 1.90. The Bertz CT molecular complexity index is 504. The number of fused-ring (bicyclic) bond motifs is 1. The van der Waals surface area contributed by atoms with Gasteiger partial charge in [-0.15, -0.1) is 0 Å². The Balaban J connectivity index is 2.48.